The lowest BCUT2D eigenvalue weighted by Crippen LogP contribution is -2.45. The molecule has 2 aromatic carbocycles. The second kappa shape index (κ2) is 9.20. The fourth-order valence-electron chi connectivity index (χ4n) is 3.64. The molecule has 3 rings (SSSR count). The van der Waals surface area contributed by atoms with Crippen LogP contribution < -0.4 is 19.7 Å². The van der Waals surface area contributed by atoms with Gasteiger partial charge in [-0.3, -0.25) is 0 Å². The first-order valence-electron chi connectivity index (χ1n) is 10.0. The Kier molecular flexibility index (Phi) is 6.68. The summed E-state index contributed by atoms with van der Waals surface area (Å²) in [6, 6.07) is 14.6. The summed E-state index contributed by atoms with van der Waals surface area (Å²) >= 11 is 0. The minimum Gasteiger partial charge on any atom is -0.493 e. The van der Waals surface area contributed by atoms with Crippen LogP contribution >= 0.6 is 0 Å². The van der Waals surface area contributed by atoms with Crippen LogP contribution in [0.15, 0.2) is 42.5 Å². The largest absolute Gasteiger partial charge is 0.493 e. The zero-order valence-corrected chi connectivity index (χ0v) is 17.6. The first-order valence-corrected chi connectivity index (χ1v) is 10.0. The molecule has 0 saturated carbocycles. The number of morpholine rings is 1. The fraction of sp³-hybridized carbons (Fsp3) is 0.478. The number of nitrogens with zero attached hydrogens (tertiary/aromatic N) is 1. The van der Waals surface area contributed by atoms with E-state index in [4.69, 9.17) is 14.2 Å². The van der Waals surface area contributed by atoms with Gasteiger partial charge in [-0.2, -0.15) is 0 Å². The maximum absolute atomic E-state index is 5.88. The average Bonchev–Trinajstić information content (AvgIpc) is 2.66. The molecule has 0 aromatic heterocycles. The Hall–Kier alpha value is -2.40. The molecule has 28 heavy (non-hydrogen) atoms. The summed E-state index contributed by atoms with van der Waals surface area (Å²) < 4.78 is 17.2. The van der Waals surface area contributed by atoms with E-state index in [0.717, 1.165) is 35.8 Å². The molecule has 1 fully saturated rings. The third-order valence-corrected chi connectivity index (χ3v) is 4.74. The molecule has 1 aliphatic heterocycles. The quantitative estimate of drug-likeness (QED) is 0.749. The Morgan fingerprint density at radius 3 is 2.46 bits per heavy atom. The smallest absolute Gasteiger partial charge is 0.161 e. The molecule has 1 aliphatic rings. The molecule has 2 aromatic rings. The van der Waals surface area contributed by atoms with Gasteiger partial charge in [0, 0.05) is 19.6 Å². The van der Waals surface area contributed by atoms with Crippen LogP contribution in [0.1, 0.15) is 33.3 Å². The highest BCUT2D eigenvalue weighted by atomic mass is 16.5. The summed E-state index contributed by atoms with van der Waals surface area (Å²) in [7, 11) is 1.68. The summed E-state index contributed by atoms with van der Waals surface area (Å²) in [6.07, 6.45) is 0.576. The van der Waals surface area contributed by atoms with Gasteiger partial charge < -0.3 is 24.4 Å². The number of nitrogens with one attached hydrogen (secondary N) is 1. The maximum Gasteiger partial charge on any atom is 0.161 e. The number of ether oxygens (including phenoxy) is 3. The summed E-state index contributed by atoms with van der Waals surface area (Å²) in [5.41, 5.74) is 3.49. The van der Waals surface area contributed by atoms with Gasteiger partial charge in [-0.05, 0) is 57.5 Å². The van der Waals surface area contributed by atoms with Crippen molar-refractivity contribution in [3.05, 3.63) is 48.0 Å². The van der Waals surface area contributed by atoms with Gasteiger partial charge in [0.05, 0.1) is 36.8 Å². The van der Waals surface area contributed by atoms with Crippen molar-refractivity contribution in [2.75, 3.05) is 30.4 Å². The van der Waals surface area contributed by atoms with Crippen molar-refractivity contribution < 1.29 is 14.2 Å². The van der Waals surface area contributed by atoms with E-state index in [-0.39, 0.29) is 18.3 Å². The van der Waals surface area contributed by atoms with Crippen LogP contribution in [0.5, 0.6) is 11.5 Å². The van der Waals surface area contributed by atoms with Crippen molar-refractivity contribution in [3.63, 3.8) is 0 Å². The molecular weight excluding hydrogens is 352 g/mol. The molecule has 0 amide bonds. The second-order valence-electron chi connectivity index (χ2n) is 7.68. The summed E-state index contributed by atoms with van der Waals surface area (Å²) in [5, 5.41) is 3.59. The molecule has 0 unspecified atom stereocenters. The van der Waals surface area contributed by atoms with Crippen LogP contribution in [0.25, 0.3) is 0 Å². The Morgan fingerprint density at radius 1 is 1.07 bits per heavy atom. The molecule has 1 saturated heterocycles. The van der Waals surface area contributed by atoms with Crippen molar-refractivity contribution in [3.8, 4) is 11.5 Å². The molecule has 5 heteroatoms. The second-order valence-corrected chi connectivity index (χ2v) is 7.68. The van der Waals surface area contributed by atoms with E-state index in [9.17, 15) is 0 Å². The average molecular weight is 385 g/mol. The van der Waals surface area contributed by atoms with Crippen molar-refractivity contribution >= 4 is 11.4 Å². The predicted molar refractivity (Wildman–Crippen MR) is 115 cm³/mol. The third-order valence-electron chi connectivity index (χ3n) is 4.74. The summed E-state index contributed by atoms with van der Waals surface area (Å²) in [6.45, 7) is 10.8. The molecular formula is C23H32N2O3. The number of benzene rings is 2. The number of rotatable bonds is 7. The predicted octanol–water partition coefficient (Wildman–Crippen LogP) is 4.71. The van der Waals surface area contributed by atoms with Crippen LogP contribution in [-0.4, -0.2) is 38.5 Å². The Labute approximate surface area is 168 Å². The highest BCUT2D eigenvalue weighted by Gasteiger charge is 2.23. The highest BCUT2D eigenvalue weighted by Crippen LogP contribution is 2.31. The van der Waals surface area contributed by atoms with Crippen LogP contribution in [0, 0.1) is 0 Å². The summed E-state index contributed by atoms with van der Waals surface area (Å²) in [5.74, 6) is 1.54. The monoisotopic (exact) mass is 384 g/mol. The molecule has 1 heterocycles. The minimum absolute atomic E-state index is 0.114. The molecule has 2 atom stereocenters. The third kappa shape index (κ3) is 5.10. The van der Waals surface area contributed by atoms with E-state index < -0.39 is 0 Å². The van der Waals surface area contributed by atoms with E-state index in [1.165, 1.54) is 5.69 Å². The Balaban J connectivity index is 1.73. The molecule has 0 spiro atoms. The van der Waals surface area contributed by atoms with E-state index in [2.05, 4.69) is 54.4 Å². The van der Waals surface area contributed by atoms with Crippen molar-refractivity contribution in [1.29, 1.82) is 0 Å². The van der Waals surface area contributed by atoms with Gasteiger partial charge in [-0.1, -0.05) is 18.2 Å². The molecule has 0 radical (unpaired) electrons. The minimum atomic E-state index is 0.114. The standard InChI is InChI=1S/C23H32N2O3/c1-16(2)27-22-11-10-19(12-23(22)26-5)13-24-20-8-6-7-9-21(20)25-14-17(3)28-18(4)15-25/h6-12,16-18,24H,13-15H2,1-5H3/t17-,18-/m0/s1. The number of para-hydroxylation sites is 2. The topological polar surface area (TPSA) is 43.0 Å². The van der Waals surface area contributed by atoms with E-state index in [1.54, 1.807) is 7.11 Å². The van der Waals surface area contributed by atoms with Gasteiger partial charge in [-0.15, -0.1) is 0 Å². The van der Waals surface area contributed by atoms with Gasteiger partial charge in [-0.25, -0.2) is 0 Å². The first kappa shape index (κ1) is 20.3. The fourth-order valence-corrected chi connectivity index (χ4v) is 3.64. The molecule has 0 bridgehead atoms. The van der Waals surface area contributed by atoms with Crippen LogP contribution in [-0.2, 0) is 11.3 Å². The molecule has 5 nitrogen and oxygen atoms in total. The first-order chi connectivity index (χ1) is 13.5. The zero-order chi connectivity index (χ0) is 20.1. The number of methoxy groups -OCH3 is 1. The van der Waals surface area contributed by atoms with Gasteiger partial charge in [0.2, 0.25) is 0 Å². The lowest BCUT2D eigenvalue weighted by Gasteiger charge is -2.37. The van der Waals surface area contributed by atoms with Crippen molar-refractivity contribution in [1.82, 2.24) is 0 Å². The molecule has 0 aliphatic carbocycles. The van der Waals surface area contributed by atoms with Gasteiger partial charge >= 0.3 is 0 Å². The Morgan fingerprint density at radius 2 is 1.79 bits per heavy atom. The Bertz CT molecular complexity index is 768. The van der Waals surface area contributed by atoms with Crippen molar-refractivity contribution in [2.24, 2.45) is 0 Å². The summed E-state index contributed by atoms with van der Waals surface area (Å²) in [4.78, 5) is 2.40. The zero-order valence-electron chi connectivity index (χ0n) is 17.6. The van der Waals surface area contributed by atoms with Gasteiger partial charge in [0.15, 0.2) is 11.5 Å². The van der Waals surface area contributed by atoms with Crippen LogP contribution in [0.4, 0.5) is 11.4 Å². The van der Waals surface area contributed by atoms with Crippen molar-refractivity contribution in [2.45, 2.75) is 52.6 Å². The van der Waals surface area contributed by atoms with Gasteiger partial charge in [0.25, 0.3) is 0 Å². The lowest BCUT2D eigenvalue weighted by atomic mass is 10.1. The number of hydrogen-bond acceptors (Lipinski definition) is 5. The number of anilines is 2. The van der Waals surface area contributed by atoms with Crippen LogP contribution in [0.2, 0.25) is 0 Å². The SMILES string of the molecule is COc1cc(CNc2ccccc2N2C[C@H](C)O[C@@H](C)C2)ccc1OC(C)C. The normalized spacial score (nSPS) is 19.6. The van der Waals surface area contributed by atoms with E-state index in [1.807, 2.05) is 26.0 Å². The van der Waals surface area contributed by atoms with Gasteiger partial charge in [0.1, 0.15) is 0 Å². The van der Waals surface area contributed by atoms with E-state index in [0.29, 0.717) is 6.54 Å². The molecule has 152 valence electrons. The lowest BCUT2D eigenvalue weighted by molar-refractivity contribution is -0.00517. The number of hydrogen-bond donors (Lipinski definition) is 1. The van der Waals surface area contributed by atoms with Crippen LogP contribution in [0.3, 0.4) is 0 Å². The maximum atomic E-state index is 5.88. The molecule has 1 N–H and O–H groups in total. The highest BCUT2D eigenvalue weighted by molar-refractivity contribution is 5.70. The van der Waals surface area contributed by atoms with E-state index >= 15 is 0 Å².